The Morgan fingerprint density at radius 3 is 2.10 bits per heavy atom. The lowest BCUT2D eigenvalue weighted by atomic mass is 9.96. The van der Waals surface area contributed by atoms with Gasteiger partial charge < -0.3 is 25.0 Å². The lowest BCUT2D eigenvalue weighted by Crippen LogP contribution is -2.47. The zero-order valence-corrected chi connectivity index (χ0v) is 23.7. The van der Waals surface area contributed by atoms with Crippen LogP contribution in [0.4, 0.5) is 0 Å². The van der Waals surface area contributed by atoms with E-state index in [1.54, 1.807) is 12.1 Å². The Morgan fingerprint density at radius 2 is 1.52 bits per heavy atom. The highest BCUT2D eigenvalue weighted by Gasteiger charge is 2.40. The summed E-state index contributed by atoms with van der Waals surface area (Å²) < 4.78 is 38.2. The first-order chi connectivity index (χ1) is 19.4. The molecule has 0 amide bonds. The Hall–Kier alpha value is -2.78. The van der Waals surface area contributed by atoms with Crippen LogP contribution in [0.1, 0.15) is 37.7 Å². The van der Waals surface area contributed by atoms with Crippen molar-refractivity contribution < 1.29 is 38.2 Å². The third-order valence-corrected chi connectivity index (χ3v) is 9.32. The molecule has 12 nitrogen and oxygen atoms in total. The Morgan fingerprint density at radius 1 is 0.925 bits per heavy atom. The fourth-order valence-corrected chi connectivity index (χ4v) is 6.92. The van der Waals surface area contributed by atoms with Gasteiger partial charge in [0, 0.05) is 19.6 Å². The molecule has 2 fully saturated rings. The number of aliphatic carboxylic acids is 1. The number of likely N-dealkylation sites (tertiary alicyclic amines) is 2. The summed E-state index contributed by atoms with van der Waals surface area (Å²) in [5, 5.41) is 21.7. The van der Waals surface area contributed by atoms with E-state index in [9.17, 15) is 18.3 Å². The van der Waals surface area contributed by atoms with E-state index in [2.05, 4.69) is 16.7 Å². The maximum atomic E-state index is 13.6. The van der Waals surface area contributed by atoms with Crippen LogP contribution in [0.15, 0.2) is 53.4 Å². The van der Waals surface area contributed by atoms with Crippen molar-refractivity contribution in [2.45, 2.75) is 48.9 Å². The molecule has 13 heteroatoms. The average Bonchev–Trinajstić information content (AvgIpc) is 3.00. The highest BCUT2D eigenvalue weighted by Crippen LogP contribution is 2.32. The van der Waals surface area contributed by atoms with Crippen molar-refractivity contribution in [2.75, 3.05) is 39.9 Å². The van der Waals surface area contributed by atoms with Gasteiger partial charge in [-0.15, -0.1) is 0 Å². The fourth-order valence-electron chi connectivity index (χ4n) is 5.03. The predicted molar refractivity (Wildman–Crippen MR) is 149 cm³/mol. The molecule has 2 saturated heterocycles. The predicted octanol–water partition coefficient (Wildman–Crippen LogP) is 2.33. The van der Waals surface area contributed by atoms with Gasteiger partial charge in [-0.2, -0.15) is 0 Å². The molecule has 2 aliphatic rings. The number of hydrogen-bond acceptors (Lipinski definition) is 11. The lowest BCUT2D eigenvalue weighted by molar-refractivity contribution is -0.143. The molecule has 0 bridgehead atoms. The molecule has 0 aromatic heterocycles. The van der Waals surface area contributed by atoms with Crippen LogP contribution >= 0.6 is 0 Å². The number of carboxylic acids is 1. The number of nitrogens with two attached hydrogens (primary N) is 2. The van der Waals surface area contributed by atoms with Crippen LogP contribution in [0.25, 0.3) is 0 Å². The van der Waals surface area contributed by atoms with Crippen LogP contribution in [0.2, 0.25) is 0 Å². The van der Waals surface area contributed by atoms with E-state index in [0.29, 0.717) is 31.9 Å². The summed E-state index contributed by atoms with van der Waals surface area (Å²) in [6.07, 6.45) is 4.30. The van der Waals surface area contributed by atoms with Crippen molar-refractivity contribution in [3.05, 3.63) is 54.1 Å². The number of sulfone groups is 1. The number of benzene rings is 2. The largest absolute Gasteiger partial charge is 0.497 e. The van der Waals surface area contributed by atoms with Crippen LogP contribution in [0.5, 0.6) is 11.5 Å². The Labute approximate surface area is 235 Å². The van der Waals surface area contributed by atoms with E-state index >= 15 is 0 Å². The minimum absolute atomic E-state index is 0.0569. The molecular weight excluding hydrogens is 540 g/mol. The van der Waals surface area contributed by atoms with Crippen LogP contribution in [0.3, 0.4) is 0 Å². The number of carboxylic acid groups (broad SMARTS) is 1. The molecule has 4 rings (SSSR count). The highest BCUT2D eigenvalue weighted by atomic mass is 32.2. The molecule has 0 aliphatic carbocycles. The molecular formula is C27H42N4O8S. The third-order valence-electron chi connectivity index (χ3n) is 7.19. The van der Waals surface area contributed by atoms with Crippen molar-refractivity contribution >= 4 is 15.8 Å². The lowest BCUT2D eigenvalue weighted by Gasteiger charge is -2.37. The molecule has 2 atom stereocenters. The molecule has 0 saturated carbocycles. The maximum Gasteiger partial charge on any atom is 0.306 e. The van der Waals surface area contributed by atoms with Gasteiger partial charge in [0.1, 0.15) is 23.5 Å². The standard InChI is InChI=1S/C27H36N2O6S.2H3NO/c1-34-23-9-11-25(12-10-23)36(32,33)26-19-22(27(30)31)13-16-29(26)20-21-5-7-24(8-6-21)35-18-17-28-14-3-2-4-15-28;2*1-2/h5-12,22,26H,2-4,13-20H2,1H3,(H,30,31);2*2H,1H2. The summed E-state index contributed by atoms with van der Waals surface area (Å²) in [5.41, 5.74) is 0.960. The summed E-state index contributed by atoms with van der Waals surface area (Å²) in [6.45, 7) is 4.66. The molecule has 2 heterocycles. The van der Waals surface area contributed by atoms with Crippen molar-refractivity contribution in [1.29, 1.82) is 0 Å². The van der Waals surface area contributed by atoms with E-state index < -0.39 is 27.1 Å². The highest BCUT2D eigenvalue weighted by molar-refractivity contribution is 7.92. The van der Waals surface area contributed by atoms with Crippen molar-refractivity contribution in [1.82, 2.24) is 9.80 Å². The summed E-state index contributed by atoms with van der Waals surface area (Å²) in [6, 6.07) is 14.0. The number of nitrogens with zero attached hydrogens (tertiary/aromatic N) is 2. The fraction of sp³-hybridized carbons (Fsp3) is 0.519. The van der Waals surface area contributed by atoms with Gasteiger partial charge in [0.2, 0.25) is 0 Å². The van der Waals surface area contributed by atoms with E-state index in [1.807, 2.05) is 29.2 Å². The quantitative estimate of drug-likeness (QED) is 0.258. The first kappa shape index (κ1) is 33.4. The van der Waals surface area contributed by atoms with E-state index in [0.717, 1.165) is 30.9 Å². The second-order valence-corrected chi connectivity index (χ2v) is 11.7. The summed E-state index contributed by atoms with van der Waals surface area (Å²) in [4.78, 5) is 16.2. The number of hydrogen-bond donors (Lipinski definition) is 5. The van der Waals surface area contributed by atoms with Crippen molar-refractivity contribution in [3.8, 4) is 11.5 Å². The SMILES string of the molecule is COc1ccc(S(=O)(=O)C2CC(C(=O)O)CCN2Cc2ccc(OCCN3CCCCC3)cc2)cc1.NO.NO. The molecule has 2 aromatic rings. The van der Waals surface area contributed by atoms with Crippen LogP contribution in [-0.2, 0) is 21.2 Å². The molecule has 2 unspecified atom stereocenters. The molecule has 0 spiro atoms. The second kappa shape index (κ2) is 17.1. The second-order valence-electron chi connectivity index (χ2n) is 9.60. The van der Waals surface area contributed by atoms with Gasteiger partial charge in [-0.3, -0.25) is 14.6 Å². The van der Waals surface area contributed by atoms with Gasteiger partial charge in [0.25, 0.3) is 0 Å². The first-order valence-electron chi connectivity index (χ1n) is 13.2. The van der Waals surface area contributed by atoms with Gasteiger partial charge in [-0.1, -0.05) is 18.6 Å². The van der Waals surface area contributed by atoms with Gasteiger partial charge in [0.15, 0.2) is 9.84 Å². The van der Waals surface area contributed by atoms with Crippen LogP contribution in [0, 0.1) is 5.92 Å². The number of carbonyl (C=O) groups is 1. The number of rotatable bonds is 10. The summed E-state index contributed by atoms with van der Waals surface area (Å²) in [7, 11) is -2.25. The number of piperidine rings is 2. The minimum atomic E-state index is -3.78. The average molecular weight is 583 g/mol. The van der Waals surface area contributed by atoms with E-state index in [1.165, 1.54) is 38.5 Å². The zero-order chi connectivity index (χ0) is 29.5. The van der Waals surface area contributed by atoms with Crippen molar-refractivity contribution in [3.63, 3.8) is 0 Å². The van der Waals surface area contributed by atoms with Crippen molar-refractivity contribution in [2.24, 2.45) is 17.7 Å². The maximum absolute atomic E-state index is 13.6. The van der Waals surface area contributed by atoms with Crippen LogP contribution < -0.4 is 21.3 Å². The Balaban J connectivity index is 0.00000134. The van der Waals surface area contributed by atoms with Gasteiger partial charge in [0.05, 0.1) is 17.9 Å². The number of ether oxygens (including phenoxy) is 2. The topological polar surface area (TPSA) is 189 Å². The first-order valence-corrected chi connectivity index (χ1v) is 14.7. The zero-order valence-electron chi connectivity index (χ0n) is 22.9. The van der Waals surface area contributed by atoms with Gasteiger partial charge >= 0.3 is 5.97 Å². The smallest absolute Gasteiger partial charge is 0.306 e. The molecule has 0 radical (unpaired) electrons. The molecule has 40 heavy (non-hydrogen) atoms. The van der Waals surface area contributed by atoms with Gasteiger partial charge in [-0.25, -0.2) is 20.2 Å². The minimum Gasteiger partial charge on any atom is -0.497 e. The Bertz CT molecular complexity index is 1110. The third kappa shape index (κ3) is 9.41. The number of methoxy groups -OCH3 is 1. The normalized spacial score (nSPS) is 19.8. The van der Waals surface area contributed by atoms with E-state index in [4.69, 9.17) is 19.9 Å². The van der Waals surface area contributed by atoms with E-state index in [-0.39, 0.29) is 11.3 Å². The molecule has 224 valence electrons. The monoisotopic (exact) mass is 582 g/mol. The molecule has 2 aliphatic heterocycles. The Kier molecular flexibility index (Phi) is 14.3. The molecule has 2 aromatic carbocycles. The van der Waals surface area contributed by atoms with Crippen LogP contribution in [-0.4, -0.2) is 85.0 Å². The summed E-state index contributed by atoms with van der Waals surface area (Å²) in [5.74, 6) is 6.73. The summed E-state index contributed by atoms with van der Waals surface area (Å²) >= 11 is 0. The van der Waals surface area contributed by atoms with Gasteiger partial charge in [-0.05, 0) is 80.7 Å². The molecule has 7 N–H and O–H groups in total.